The molecule has 5 nitrogen and oxygen atoms in total. The van der Waals surface area contributed by atoms with Crippen LogP contribution in [0.3, 0.4) is 0 Å². The number of hydrogen-bond acceptors (Lipinski definition) is 5. The van der Waals surface area contributed by atoms with Crippen molar-refractivity contribution in [2.45, 2.75) is 49.6 Å². The van der Waals surface area contributed by atoms with Crippen molar-refractivity contribution in [1.82, 2.24) is 9.55 Å². The van der Waals surface area contributed by atoms with Crippen molar-refractivity contribution in [2.75, 3.05) is 14.2 Å². The zero-order valence-corrected chi connectivity index (χ0v) is 23.8. The fraction of sp³-hybridized carbons (Fsp3) is 0.276. The maximum absolute atomic E-state index is 6.27. The Balaban J connectivity index is 0.00000121. The van der Waals surface area contributed by atoms with Crippen LogP contribution >= 0.6 is 35.0 Å². The molecule has 0 fully saturated rings. The van der Waals surface area contributed by atoms with Gasteiger partial charge in [-0.25, -0.2) is 4.98 Å². The largest absolute Gasteiger partial charge is 0.473 e. The molecule has 0 bridgehead atoms. The molecular weight excluding hydrogens is 527 g/mol. The van der Waals surface area contributed by atoms with Gasteiger partial charge in [0.1, 0.15) is 23.2 Å². The normalized spacial score (nSPS) is 10.8. The summed E-state index contributed by atoms with van der Waals surface area (Å²) in [5, 5.41) is 2.18. The van der Waals surface area contributed by atoms with Crippen LogP contribution in [0.4, 0.5) is 0 Å². The molecule has 0 aliphatic rings. The second-order valence-electron chi connectivity index (χ2n) is 8.48. The summed E-state index contributed by atoms with van der Waals surface area (Å²) in [5.41, 5.74) is 2.10. The van der Waals surface area contributed by atoms with Crippen LogP contribution in [-0.2, 0) is 29.4 Å². The SMILES string of the molecule is CC(C)c1nc(COCc2ccccc2)n(COc2ccccc2)c1Sc1cc(Cl)cc(Cl)c1.COC. The van der Waals surface area contributed by atoms with E-state index in [4.69, 9.17) is 37.7 Å². The van der Waals surface area contributed by atoms with Crippen molar-refractivity contribution >= 4 is 35.0 Å². The topological polar surface area (TPSA) is 45.5 Å². The summed E-state index contributed by atoms with van der Waals surface area (Å²) in [5.74, 6) is 1.81. The van der Waals surface area contributed by atoms with Crippen molar-refractivity contribution in [3.8, 4) is 5.75 Å². The van der Waals surface area contributed by atoms with E-state index in [9.17, 15) is 0 Å². The first-order chi connectivity index (χ1) is 17.9. The number of aromatic nitrogens is 2. The van der Waals surface area contributed by atoms with Gasteiger partial charge in [0.15, 0.2) is 6.73 Å². The average Bonchev–Trinajstić information content (AvgIpc) is 3.21. The van der Waals surface area contributed by atoms with Crippen molar-refractivity contribution in [3.63, 3.8) is 0 Å². The molecular formula is C29H32Cl2N2O3S. The molecule has 3 aromatic carbocycles. The van der Waals surface area contributed by atoms with E-state index in [-0.39, 0.29) is 5.92 Å². The van der Waals surface area contributed by atoms with Crippen LogP contribution in [0, 0.1) is 0 Å². The van der Waals surface area contributed by atoms with Crippen molar-refractivity contribution < 1.29 is 14.2 Å². The summed E-state index contributed by atoms with van der Waals surface area (Å²) < 4.78 is 18.5. The lowest BCUT2D eigenvalue weighted by Gasteiger charge is -2.15. The minimum absolute atomic E-state index is 0.211. The molecule has 0 atom stereocenters. The minimum atomic E-state index is 0.211. The molecule has 0 saturated heterocycles. The summed E-state index contributed by atoms with van der Waals surface area (Å²) in [7, 11) is 3.25. The molecule has 0 unspecified atom stereocenters. The lowest BCUT2D eigenvalue weighted by Crippen LogP contribution is -2.11. The molecule has 8 heteroatoms. The Bertz CT molecular complexity index is 1210. The first-order valence-electron chi connectivity index (χ1n) is 11.8. The Morgan fingerprint density at radius 1 is 0.865 bits per heavy atom. The van der Waals surface area contributed by atoms with Gasteiger partial charge in [0.2, 0.25) is 0 Å². The quantitative estimate of drug-likeness (QED) is 0.195. The minimum Gasteiger partial charge on any atom is -0.473 e. The van der Waals surface area contributed by atoms with Crippen molar-refractivity contribution in [3.05, 3.63) is 106 Å². The summed E-state index contributed by atoms with van der Waals surface area (Å²) >= 11 is 14.1. The molecule has 0 saturated carbocycles. The molecule has 0 aliphatic carbocycles. The van der Waals surface area contributed by atoms with Gasteiger partial charge in [0.25, 0.3) is 0 Å². The van der Waals surface area contributed by atoms with E-state index < -0.39 is 0 Å². The zero-order chi connectivity index (χ0) is 26.6. The zero-order valence-electron chi connectivity index (χ0n) is 21.5. The first-order valence-corrected chi connectivity index (χ1v) is 13.4. The number of benzene rings is 3. The smallest absolute Gasteiger partial charge is 0.167 e. The number of imidazole rings is 1. The van der Waals surface area contributed by atoms with E-state index in [0.29, 0.717) is 30.0 Å². The fourth-order valence-corrected chi connectivity index (χ4v) is 5.32. The van der Waals surface area contributed by atoms with E-state index in [1.165, 1.54) is 0 Å². The Morgan fingerprint density at radius 3 is 2.05 bits per heavy atom. The predicted octanol–water partition coefficient (Wildman–Crippen LogP) is 8.48. The monoisotopic (exact) mass is 558 g/mol. The Labute approximate surface area is 233 Å². The Morgan fingerprint density at radius 2 is 1.46 bits per heavy atom. The second-order valence-corrected chi connectivity index (χ2v) is 10.4. The highest BCUT2D eigenvalue weighted by molar-refractivity contribution is 7.99. The van der Waals surface area contributed by atoms with Gasteiger partial charge < -0.3 is 14.2 Å². The highest BCUT2D eigenvalue weighted by atomic mass is 35.5. The third-order valence-electron chi connectivity index (χ3n) is 5.07. The molecule has 1 heterocycles. The molecule has 0 aliphatic heterocycles. The maximum Gasteiger partial charge on any atom is 0.167 e. The van der Waals surface area contributed by atoms with Crippen LogP contribution in [-0.4, -0.2) is 23.8 Å². The third-order valence-corrected chi connectivity index (χ3v) is 6.60. The van der Waals surface area contributed by atoms with Crippen LogP contribution in [0.1, 0.15) is 36.8 Å². The molecule has 0 spiro atoms. The number of rotatable bonds is 10. The summed E-state index contributed by atoms with van der Waals surface area (Å²) in [6.07, 6.45) is 0. The van der Waals surface area contributed by atoms with Crippen molar-refractivity contribution in [1.29, 1.82) is 0 Å². The number of halogens is 2. The highest BCUT2D eigenvalue weighted by Gasteiger charge is 2.21. The number of para-hydroxylation sites is 1. The number of ether oxygens (including phenoxy) is 3. The average molecular weight is 560 g/mol. The number of nitrogens with zero attached hydrogens (tertiary/aromatic N) is 2. The van der Waals surface area contributed by atoms with Gasteiger partial charge in [-0.2, -0.15) is 0 Å². The first kappa shape index (κ1) is 29.1. The van der Waals surface area contributed by atoms with E-state index in [2.05, 4.69) is 35.3 Å². The van der Waals surface area contributed by atoms with Gasteiger partial charge in [0.05, 0.1) is 12.3 Å². The summed E-state index contributed by atoms with van der Waals surface area (Å²) in [4.78, 5) is 5.91. The van der Waals surface area contributed by atoms with Gasteiger partial charge in [-0.15, -0.1) is 0 Å². The number of methoxy groups -OCH3 is 1. The Kier molecular flexibility index (Phi) is 11.8. The summed E-state index contributed by atoms with van der Waals surface area (Å²) in [6.45, 7) is 5.45. The standard InChI is InChI=1S/C27H26Cl2N2O2S.C2H6O/c1-19(2)26-27(34-24-14-21(28)13-22(29)15-24)31(18-33-23-11-7-4-8-12-23)25(30-26)17-32-16-20-9-5-3-6-10-20;1-3-2/h3-15,19H,16-18H2,1-2H3;1-2H3. The Hall–Kier alpha value is -2.48. The van der Waals surface area contributed by atoms with Gasteiger partial charge in [0, 0.05) is 29.2 Å². The van der Waals surface area contributed by atoms with Crippen LogP contribution in [0.25, 0.3) is 0 Å². The second kappa shape index (κ2) is 15.1. The van der Waals surface area contributed by atoms with Crippen LogP contribution in [0.2, 0.25) is 10.0 Å². The van der Waals surface area contributed by atoms with Gasteiger partial charge in [-0.1, -0.05) is 97.3 Å². The van der Waals surface area contributed by atoms with E-state index >= 15 is 0 Å². The fourth-order valence-electron chi connectivity index (χ4n) is 3.42. The van der Waals surface area contributed by atoms with Gasteiger partial charge >= 0.3 is 0 Å². The van der Waals surface area contributed by atoms with E-state index in [1.54, 1.807) is 32.0 Å². The molecule has 4 rings (SSSR count). The van der Waals surface area contributed by atoms with Crippen LogP contribution in [0.15, 0.2) is 88.8 Å². The molecule has 37 heavy (non-hydrogen) atoms. The lowest BCUT2D eigenvalue weighted by atomic mass is 10.2. The maximum atomic E-state index is 6.27. The predicted molar refractivity (Wildman–Crippen MR) is 152 cm³/mol. The summed E-state index contributed by atoms with van der Waals surface area (Å²) in [6, 6.07) is 25.4. The molecule has 4 aromatic rings. The van der Waals surface area contributed by atoms with Crippen LogP contribution in [0.5, 0.6) is 5.75 Å². The van der Waals surface area contributed by atoms with Crippen LogP contribution < -0.4 is 4.74 Å². The molecule has 1 aromatic heterocycles. The number of hydrogen-bond donors (Lipinski definition) is 0. The van der Waals surface area contributed by atoms with Gasteiger partial charge in [-0.05, 0) is 41.8 Å². The van der Waals surface area contributed by atoms with Crippen molar-refractivity contribution in [2.24, 2.45) is 0 Å². The van der Waals surface area contributed by atoms with E-state index in [1.807, 2.05) is 60.7 Å². The third kappa shape index (κ3) is 9.09. The lowest BCUT2D eigenvalue weighted by molar-refractivity contribution is 0.0939. The molecule has 196 valence electrons. The molecule has 0 amide bonds. The molecule has 0 N–H and O–H groups in total. The van der Waals surface area contributed by atoms with E-state index in [0.717, 1.165) is 32.8 Å². The highest BCUT2D eigenvalue weighted by Crippen LogP contribution is 2.37. The molecule has 0 radical (unpaired) electrons. The van der Waals surface area contributed by atoms with Gasteiger partial charge in [-0.3, -0.25) is 4.57 Å².